The summed E-state index contributed by atoms with van der Waals surface area (Å²) >= 11 is 0. The molecule has 5 nitrogen and oxygen atoms in total. The van der Waals surface area contributed by atoms with E-state index < -0.39 is 17.7 Å². The second kappa shape index (κ2) is 8.73. The van der Waals surface area contributed by atoms with E-state index in [0.29, 0.717) is 31.9 Å². The highest BCUT2D eigenvalue weighted by Gasteiger charge is 2.34. The van der Waals surface area contributed by atoms with E-state index in [0.717, 1.165) is 17.8 Å². The molecule has 0 radical (unpaired) electrons. The van der Waals surface area contributed by atoms with E-state index >= 15 is 0 Å². The second-order valence-corrected chi connectivity index (χ2v) is 6.82. The van der Waals surface area contributed by atoms with Crippen molar-refractivity contribution in [3.63, 3.8) is 0 Å². The van der Waals surface area contributed by atoms with Crippen LogP contribution in [0, 0.1) is 0 Å². The lowest BCUT2D eigenvalue weighted by atomic mass is 10.1. The van der Waals surface area contributed by atoms with E-state index in [1.54, 1.807) is 24.3 Å². The van der Waals surface area contributed by atoms with Gasteiger partial charge in [0.2, 0.25) is 0 Å². The number of hydrogen-bond acceptors (Lipinski definition) is 4. The van der Waals surface area contributed by atoms with Gasteiger partial charge in [0, 0.05) is 18.7 Å². The highest BCUT2D eigenvalue weighted by molar-refractivity contribution is 5.88. The Bertz CT molecular complexity index is 821. The molecular weight excluding hydrogens is 387 g/mol. The number of anilines is 1. The fourth-order valence-electron chi connectivity index (χ4n) is 3.40. The van der Waals surface area contributed by atoms with Gasteiger partial charge in [0.25, 0.3) is 0 Å². The summed E-state index contributed by atoms with van der Waals surface area (Å²) in [7, 11) is 0. The Balaban J connectivity index is 1.72. The molecule has 3 rings (SSSR count). The number of alkyl halides is 3. The molecule has 1 heterocycles. The first-order valence-electron chi connectivity index (χ1n) is 9.29. The van der Waals surface area contributed by atoms with Gasteiger partial charge in [0.05, 0.1) is 30.3 Å². The molecule has 0 amide bonds. The average Bonchev–Trinajstić information content (AvgIpc) is 3.08. The molecule has 8 heteroatoms. The first-order valence-corrected chi connectivity index (χ1v) is 9.29. The van der Waals surface area contributed by atoms with Crippen molar-refractivity contribution in [2.75, 3.05) is 24.7 Å². The molecule has 2 aromatic carbocycles. The lowest BCUT2D eigenvalue weighted by Gasteiger charge is -2.26. The van der Waals surface area contributed by atoms with E-state index in [1.807, 2.05) is 6.92 Å². The molecule has 0 saturated carbocycles. The Morgan fingerprint density at radius 3 is 2.34 bits per heavy atom. The molecule has 0 spiro atoms. The largest absolute Gasteiger partial charge is 0.489 e. The van der Waals surface area contributed by atoms with Crippen LogP contribution < -0.4 is 9.64 Å². The number of carboxylic acids is 1. The van der Waals surface area contributed by atoms with Crippen molar-refractivity contribution < 1.29 is 32.5 Å². The fraction of sp³-hybridized carbons (Fsp3) is 0.381. The number of aromatic carboxylic acids is 1. The molecule has 0 unspecified atom stereocenters. The van der Waals surface area contributed by atoms with Crippen molar-refractivity contribution in [2.24, 2.45) is 0 Å². The van der Waals surface area contributed by atoms with Crippen LogP contribution in [-0.4, -0.2) is 43.0 Å². The van der Waals surface area contributed by atoms with Gasteiger partial charge < -0.3 is 19.5 Å². The molecule has 2 aromatic rings. The Morgan fingerprint density at radius 2 is 1.79 bits per heavy atom. The van der Waals surface area contributed by atoms with Crippen molar-refractivity contribution >= 4 is 11.7 Å². The van der Waals surface area contributed by atoms with Crippen LogP contribution in [0.3, 0.4) is 0 Å². The topological polar surface area (TPSA) is 59.0 Å². The predicted octanol–water partition coefficient (Wildman–Crippen LogP) is 4.47. The quantitative estimate of drug-likeness (QED) is 0.731. The van der Waals surface area contributed by atoms with Crippen molar-refractivity contribution in [3.8, 4) is 5.75 Å². The van der Waals surface area contributed by atoms with Gasteiger partial charge in [0.15, 0.2) is 0 Å². The summed E-state index contributed by atoms with van der Waals surface area (Å²) in [5.74, 6) is -0.617. The number of hydrogen-bond donors (Lipinski definition) is 1. The normalized spacial score (nSPS) is 19.4. The minimum absolute atomic E-state index is 0.0186. The van der Waals surface area contributed by atoms with Gasteiger partial charge in [-0.1, -0.05) is 0 Å². The molecule has 1 saturated heterocycles. The lowest BCUT2D eigenvalue weighted by molar-refractivity contribution is -0.137. The van der Waals surface area contributed by atoms with Crippen molar-refractivity contribution in [1.29, 1.82) is 0 Å². The van der Waals surface area contributed by atoms with Crippen LogP contribution >= 0.6 is 0 Å². The van der Waals surface area contributed by atoms with Gasteiger partial charge in [-0.25, -0.2) is 4.79 Å². The molecule has 0 aliphatic carbocycles. The van der Waals surface area contributed by atoms with Gasteiger partial charge in [-0.2, -0.15) is 13.2 Å². The highest BCUT2D eigenvalue weighted by atomic mass is 19.4. The molecular formula is C21H22F3NO4. The third-order valence-corrected chi connectivity index (χ3v) is 4.82. The first kappa shape index (κ1) is 21.0. The van der Waals surface area contributed by atoms with E-state index in [1.165, 1.54) is 12.1 Å². The average molecular weight is 409 g/mol. The smallest absolute Gasteiger partial charge is 0.416 e. The molecule has 29 heavy (non-hydrogen) atoms. The van der Waals surface area contributed by atoms with Crippen molar-refractivity contribution in [1.82, 2.24) is 0 Å². The zero-order valence-electron chi connectivity index (χ0n) is 15.9. The van der Waals surface area contributed by atoms with E-state index in [4.69, 9.17) is 14.6 Å². The van der Waals surface area contributed by atoms with Gasteiger partial charge in [-0.15, -0.1) is 0 Å². The number of rotatable bonds is 7. The maximum Gasteiger partial charge on any atom is 0.416 e. The summed E-state index contributed by atoms with van der Waals surface area (Å²) in [5, 5.41) is 9.06. The zero-order valence-corrected chi connectivity index (χ0v) is 15.9. The van der Waals surface area contributed by atoms with Gasteiger partial charge in [-0.3, -0.25) is 0 Å². The van der Waals surface area contributed by atoms with Crippen LogP contribution in [0.25, 0.3) is 0 Å². The Labute approximate surface area is 166 Å². The molecule has 0 bridgehead atoms. The van der Waals surface area contributed by atoms with Crippen molar-refractivity contribution in [2.45, 2.75) is 31.7 Å². The summed E-state index contributed by atoms with van der Waals surface area (Å²) in [4.78, 5) is 13.1. The molecule has 1 aliphatic heterocycles. The minimum Gasteiger partial charge on any atom is -0.489 e. The van der Waals surface area contributed by atoms with Crippen molar-refractivity contribution in [3.05, 3.63) is 59.7 Å². The van der Waals surface area contributed by atoms with E-state index in [9.17, 15) is 18.0 Å². The van der Waals surface area contributed by atoms with Gasteiger partial charge in [0.1, 0.15) is 11.9 Å². The third-order valence-electron chi connectivity index (χ3n) is 4.82. The van der Waals surface area contributed by atoms with Gasteiger partial charge >= 0.3 is 12.1 Å². The first-order chi connectivity index (χ1) is 13.8. The number of carbonyl (C=O) groups is 1. The van der Waals surface area contributed by atoms with E-state index in [-0.39, 0.29) is 17.7 Å². The zero-order chi connectivity index (χ0) is 21.0. The number of carboxylic acid groups (broad SMARTS) is 1. The Morgan fingerprint density at radius 1 is 1.14 bits per heavy atom. The molecule has 1 aliphatic rings. The summed E-state index contributed by atoms with van der Waals surface area (Å²) in [6, 6.07) is 11.2. The predicted molar refractivity (Wildman–Crippen MR) is 102 cm³/mol. The van der Waals surface area contributed by atoms with E-state index in [2.05, 4.69) is 4.90 Å². The number of benzene rings is 2. The summed E-state index contributed by atoms with van der Waals surface area (Å²) in [6.45, 7) is 3.46. The molecule has 0 aromatic heterocycles. The molecule has 1 N–H and O–H groups in total. The van der Waals surface area contributed by atoms with Crippen LogP contribution in [0.5, 0.6) is 5.75 Å². The summed E-state index contributed by atoms with van der Waals surface area (Å²) in [6.07, 6.45) is -3.97. The number of ether oxygens (including phenoxy) is 2. The van der Waals surface area contributed by atoms with Crippen LogP contribution in [-0.2, 0) is 10.9 Å². The fourth-order valence-corrected chi connectivity index (χ4v) is 3.40. The molecule has 156 valence electrons. The Hall–Kier alpha value is -2.74. The monoisotopic (exact) mass is 409 g/mol. The SMILES string of the molecule is CCOC[C@@H]1C[C@H](Oc2ccc(C(F)(F)F)cc2)CN1c1ccc(C(=O)O)cc1. The maximum atomic E-state index is 12.7. The maximum absolute atomic E-state index is 12.7. The second-order valence-electron chi connectivity index (χ2n) is 6.82. The number of halogens is 3. The van der Waals surface area contributed by atoms with Crippen LogP contribution in [0.2, 0.25) is 0 Å². The summed E-state index contributed by atoms with van der Waals surface area (Å²) < 4.78 is 49.6. The Kier molecular flexibility index (Phi) is 6.32. The standard InChI is InChI=1S/C21H22F3NO4/c1-2-28-13-17-11-19(29-18-9-5-15(6-10-18)21(22,23)24)12-25(17)16-7-3-14(4-8-16)20(26)27/h3-10,17,19H,2,11-13H2,1H3,(H,26,27)/t17-,19-/m0/s1. The molecule has 1 fully saturated rings. The van der Waals surface area contributed by atoms with Crippen LogP contribution in [0.15, 0.2) is 48.5 Å². The van der Waals surface area contributed by atoms with Crippen LogP contribution in [0.4, 0.5) is 18.9 Å². The molecule has 2 atom stereocenters. The van der Waals surface area contributed by atoms with Gasteiger partial charge in [-0.05, 0) is 55.5 Å². The highest BCUT2D eigenvalue weighted by Crippen LogP contribution is 2.32. The van der Waals surface area contributed by atoms with Crippen LogP contribution in [0.1, 0.15) is 29.3 Å². The number of nitrogens with zero attached hydrogens (tertiary/aromatic N) is 1. The summed E-state index contributed by atoms with van der Waals surface area (Å²) in [5.41, 5.74) is 0.329. The minimum atomic E-state index is -4.38. The lowest BCUT2D eigenvalue weighted by Crippen LogP contribution is -2.33. The third kappa shape index (κ3) is 5.20.